The molecule has 1 aromatic heterocycles. The van der Waals surface area contributed by atoms with Gasteiger partial charge >= 0.3 is 0 Å². The highest BCUT2D eigenvalue weighted by Crippen LogP contribution is 2.14. The average Bonchev–Trinajstić information content (AvgIpc) is 2.71. The average molecular weight is 219 g/mol. The van der Waals surface area contributed by atoms with Gasteiger partial charge in [0.2, 0.25) is 5.91 Å². The Kier molecular flexibility index (Phi) is 3.16. The number of rotatable bonds is 4. The molecule has 0 bridgehead atoms. The molecule has 0 atom stereocenters. The van der Waals surface area contributed by atoms with Crippen LogP contribution in [0.25, 0.3) is 11.1 Å². The molecule has 0 aliphatic rings. The predicted molar refractivity (Wildman–Crippen MR) is 59.8 cm³/mol. The molecule has 5 nitrogen and oxygen atoms in total. The Hall–Kier alpha value is -1.88. The van der Waals surface area contributed by atoms with Crippen LogP contribution in [0.3, 0.4) is 0 Å². The number of nitrogens with zero attached hydrogens (tertiary/aromatic N) is 1. The molecule has 0 aliphatic heterocycles. The van der Waals surface area contributed by atoms with Gasteiger partial charge in [-0.2, -0.15) is 0 Å². The van der Waals surface area contributed by atoms with E-state index in [1.54, 1.807) is 0 Å². The largest absolute Gasteiger partial charge is 0.441 e. The van der Waals surface area contributed by atoms with Crippen LogP contribution in [0.2, 0.25) is 0 Å². The van der Waals surface area contributed by atoms with Crippen LogP contribution in [0.5, 0.6) is 0 Å². The highest BCUT2D eigenvalue weighted by molar-refractivity contribution is 5.77. The third kappa shape index (κ3) is 2.38. The fourth-order valence-electron chi connectivity index (χ4n) is 1.41. The molecule has 84 valence electrons. The first-order valence-electron chi connectivity index (χ1n) is 5.11. The van der Waals surface area contributed by atoms with E-state index in [2.05, 4.69) is 10.3 Å². The highest BCUT2D eigenvalue weighted by Gasteiger charge is 2.04. The summed E-state index contributed by atoms with van der Waals surface area (Å²) < 4.78 is 5.49. The summed E-state index contributed by atoms with van der Waals surface area (Å²) >= 11 is 0. The molecule has 0 fully saturated rings. The normalized spacial score (nSPS) is 10.6. The van der Waals surface area contributed by atoms with Gasteiger partial charge in [-0.25, -0.2) is 4.98 Å². The molecule has 0 aliphatic carbocycles. The second-order valence-corrected chi connectivity index (χ2v) is 3.38. The molecule has 0 saturated carbocycles. The van der Waals surface area contributed by atoms with Crippen molar-refractivity contribution in [2.75, 3.05) is 13.1 Å². The van der Waals surface area contributed by atoms with Crippen LogP contribution in [0.1, 0.15) is 5.89 Å². The lowest BCUT2D eigenvalue weighted by Gasteiger charge is -1.99. The summed E-state index contributed by atoms with van der Waals surface area (Å²) in [6.45, 7) is 0.496. The van der Waals surface area contributed by atoms with Crippen LogP contribution in [0.4, 0.5) is 0 Å². The van der Waals surface area contributed by atoms with Crippen molar-refractivity contribution in [3.63, 3.8) is 0 Å². The smallest absolute Gasteiger partial charge is 0.233 e. The molecular formula is C11H13N3O2. The molecule has 0 spiro atoms. The van der Waals surface area contributed by atoms with Crippen LogP contribution in [-0.2, 0) is 11.2 Å². The zero-order chi connectivity index (χ0) is 11.4. The van der Waals surface area contributed by atoms with Gasteiger partial charge in [0.05, 0.1) is 6.54 Å². The van der Waals surface area contributed by atoms with Gasteiger partial charge in [-0.3, -0.25) is 4.79 Å². The highest BCUT2D eigenvalue weighted by atomic mass is 16.3. The zero-order valence-electron chi connectivity index (χ0n) is 8.77. The van der Waals surface area contributed by atoms with E-state index >= 15 is 0 Å². The van der Waals surface area contributed by atoms with Crippen LogP contribution >= 0.6 is 0 Å². The van der Waals surface area contributed by atoms with Gasteiger partial charge < -0.3 is 15.5 Å². The van der Waals surface area contributed by atoms with E-state index in [0.717, 1.165) is 11.1 Å². The Labute approximate surface area is 92.6 Å². The topological polar surface area (TPSA) is 81.2 Å². The second-order valence-electron chi connectivity index (χ2n) is 3.38. The number of oxazole rings is 1. The molecule has 1 heterocycles. The summed E-state index contributed by atoms with van der Waals surface area (Å²) in [6.07, 6.45) is 0.570. The van der Waals surface area contributed by atoms with Crippen molar-refractivity contribution in [3.8, 4) is 0 Å². The molecule has 0 saturated heterocycles. The van der Waals surface area contributed by atoms with Crippen LogP contribution in [-0.4, -0.2) is 24.0 Å². The van der Waals surface area contributed by atoms with E-state index in [-0.39, 0.29) is 12.5 Å². The Morgan fingerprint density at radius 3 is 3.00 bits per heavy atom. The lowest BCUT2D eigenvalue weighted by molar-refractivity contribution is -0.119. The quantitative estimate of drug-likeness (QED) is 0.782. The number of hydrogen-bond donors (Lipinski definition) is 2. The Morgan fingerprint density at radius 1 is 1.44 bits per heavy atom. The number of nitrogens with two attached hydrogens (primary N) is 1. The van der Waals surface area contributed by atoms with Crippen LogP contribution in [0.15, 0.2) is 28.7 Å². The molecule has 3 N–H and O–H groups in total. The minimum Gasteiger partial charge on any atom is -0.441 e. The lowest BCUT2D eigenvalue weighted by atomic mass is 10.3. The maximum atomic E-state index is 10.9. The van der Waals surface area contributed by atoms with Crippen molar-refractivity contribution in [2.24, 2.45) is 5.73 Å². The standard InChI is InChI=1S/C11H13N3O2/c12-7-10(15)13-6-5-11-14-8-3-1-2-4-9(8)16-11/h1-4H,5-7,12H2,(H,13,15). The number of nitrogens with one attached hydrogen (secondary N) is 1. The number of carbonyl (C=O) groups excluding carboxylic acids is 1. The monoisotopic (exact) mass is 219 g/mol. The van der Waals surface area contributed by atoms with E-state index in [1.807, 2.05) is 24.3 Å². The van der Waals surface area contributed by atoms with Gasteiger partial charge in [0.1, 0.15) is 5.52 Å². The van der Waals surface area contributed by atoms with Crippen molar-refractivity contribution in [3.05, 3.63) is 30.2 Å². The fourth-order valence-corrected chi connectivity index (χ4v) is 1.41. The maximum absolute atomic E-state index is 10.9. The SMILES string of the molecule is NCC(=O)NCCc1nc2ccccc2o1. The number of hydrogen-bond acceptors (Lipinski definition) is 4. The minimum absolute atomic E-state index is 0.00750. The number of fused-ring (bicyclic) bond motifs is 1. The maximum Gasteiger partial charge on any atom is 0.233 e. The number of aromatic nitrogens is 1. The number of carbonyl (C=O) groups is 1. The molecule has 2 aromatic rings. The minimum atomic E-state index is -0.170. The Bertz CT molecular complexity index is 460. The lowest BCUT2D eigenvalue weighted by Crippen LogP contribution is -2.31. The van der Waals surface area contributed by atoms with Crippen molar-refractivity contribution in [1.29, 1.82) is 0 Å². The number of amides is 1. The molecule has 2 rings (SSSR count). The number of para-hydroxylation sites is 2. The van der Waals surface area contributed by atoms with Gasteiger partial charge in [-0.15, -0.1) is 0 Å². The first kappa shape index (κ1) is 10.6. The molecule has 1 aromatic carbocycles. The van der Waals surface area contributed by atoms with Crippen molar-refractivity contribution in [2.45, 2.75) is 6.42 Å². The number of benzene rings is 1. The van der Waals surface area contributed by atoms with E-state index in [0.29, 0.717) is 18.9 Å². The fraction of sp³-hybridized carbons (Fsp3) is 0.273. The zero-order valence-corrected chi connectivity index (χ0v) is 8.77. The van der Waals surface area contributed by atoms with Gasteiger partial charge in [0, 0.05) is 13.0 Å². The molecule has 16 heavy (non-hydrogen) atoms. The molecule has 0 unspecified atom stereocenters. The third-order valence-corrected chi connectivity index (χ3v) is 2.18. The van der Waals surface area contributed by atoms with E-state index in [4.69, 9.17) is 10.2 Å². The van der Waals surface area contributed by atoms with Gasteiger partial charge in [-0.05, 0) is 12.1 Å². The van der Waals surface area contributed by atoms with E-state index in [9.17, 15) is 4.79 Å². The van der Waals surface area contributed by atoms with Gasteiger partial charge in [0.15, 0.2) is 11.5 Å². The third-order valence-electron chi connectivity index (χ3n) is 2.18. The van der Waals surface area contributed by atoms with E-state index in [1.165, 1.54) is 0 Å². The second kappa shape index (κ2) is 4.76. The van der Waals surface area contributed by atoms with Gasteiger partial charge in [-0.1, -0.05) is 12.1 Å². The van der Waals surface area contributed by atoms with E-state index < -0.39 is 0 Å². The van der Waals surface area contributed by atoms with Crippen molar-refractivity contribution >= 4 is 17.0 Å². The molecule has 0 radical (unpaired) electrons. The first-order chi connectivity index (χ1) is 7.79. The summed E-state index contributed by atoms with van der Waals surface area (Å²) in [6, 6.07) is 7.56. The van der Waals surface area contributed by atoms with Crippen molar-refractivity contribution < 1.29 is 9.21 Å². The first-order valence-corrected chi connectivity index (χ1v) is 5.11. The summed E-state index contributed by atoms with van der Waals surface area (Å²) in [7, 11) is 0. The summed E-state index contributed by atoms with van der Waals surface area (Å²) in [5.74, 6) is 0.453. The van der Waals surface area contributed by atoms with Crippen LogP contribution in [0, 0.1) is 0 Å². The predicted octanol–water partition coefficient (Wildman–Crippen LogP) is 0.445. The summed E-state index contributed by atoms with van der Waals surface area (Å²) in [5, 5.41) is 2.66. The molecule has 1 amide bonds. The Morgan fingerprint density at radius 2 is 2.25 bits per heavy atom. The molecular weight excluding hydrogens is 206 g/mol. The summed E-state index contributed by atoms with van der Waals surface area (Å²) in [4.78, 5) is 15.2. The molecule has 5 heteroatoms. The van der Waals surface area contributed by atoms with Crippen molar-refractivity contribution in [1.82, 2.24) is 10.3 Å². The van der Waals surface area contributed by atoms with Crippen LogP contribution < -0.4 is 11.1 Å². The Balaban J connectivity index is 1.97. The van der Waals surface area contributed by atoms with Gasteiger partial charge in [0.25, 0.3) is 0 Å². The summed E-state index contributed by atoms with van der Waals surface area (Å²) in [5.41, 5.74) is 6.76.